The fraction of sp³-hybridized carbons (Fsp3) is 0.517. The van der Waals surface area contributed by atoms with Crippen molar-refractivity contribution >= 4 is 11.8 Å². The fourth-order valence-electron chi connectivity index (χ4n) is 5.29. The molecule has 2 aliphatic heterocycles. The van der Waals surface area contributed by atoms with Crippen LogP contribution >= 0.6 is 0 Å². The number of carbonyl (C=O) groups excluding carboxylic acids is 2. The van der Waals surface area contributed by atoms with E-state index in [1.807, 2.05) is 52.3 Å². The van der Waals surface area contributed by atoms with E-state index in [0.717, 1.165) is 82.9 Å². The number of hydrogen-bond acceptors (Lipinski definition) is 5. The number of hydrogen-bond donors (Lipinski definition) is 0. The van der Waals surface area contributed by atoms with E-state index >= 15 is 0 Å². The highest BCUT2D eigenvalue weighted by Crippen LogP contribution is 2.20. The molecule has 0 atom stereocenters. The second-order valence-corrected chi connectivity index (χ2v) is 9.86. The molecule has 2 aromatic rings. The molecule has 0 aromatic heterocycles. The lowest BCUT2D eigenvalue weighted by Crippen LogP contribution is -2.53. The maximum atomic E-state index is 13.2. The van der Waals surface area contributed by atoms with Gasteiger partial charge in [0.1, 0.15) is 5.75 Å². The molecule has 7 heteroatoms. The van der Waals surface area contributed by atoms with Gasteiger partial charge in [-0.05, 0) is 55.6 Å². The number of nitrogens with zero attached hydrogens (tertiary/aromatic N) is 4. The first-order chi connectivity index (χ1) is 17.6. The van der Waals surface area contributed by atoms with Gasteiger partial charge in [0.15, 0.2) is 0 Å². The van der Waals surface area contributed by atoms with Crippen molar-refractivity contribution in [2.24, 2.45) is 0 Å². The van der Waals surface area contributed by atoms with E-state index in [2.05, 4.69) is 28.9 Å². The molecule has 4 rings (SSSR count). The minimum absolute atomic E-state index is 0.111. The Labute approximate surface area is 215 Å². The third-order valence-electron chi connectivity index (χ3n) is 7.43. The summed E-state index contributed by atoms with van der Waals surface area (Å²) in [7, 11) is 1.68. The lowest BCUT2D eigenvalue weighted by molar-refractivity contribution is -0.135. The lowest BCUT2D eigenvalue weighted by atomic mass is 10.0. The van der Waals surface area contributed by atoms with E-state index in [-0.39, 0.29) is 11.8 Å². The zero-order chi connectivity index (χ0) is 25.3. The standard InChI is InChI=1S/C29H40N4O3/c1-3-15-33(26-13-16-32(17-14-26)29(35)25-7-5-4-6-8-25)23-28(34)31-20-18-30(19-21-31)22-24-9-11-27(36-2)12-10-24/h4-12,26H,3,13-23H2,1-2H3. The number of ether oxygens (including phenoxy) is 1. The third-order valence-corrected chi connectivity index (χ3v) is 7.43. The van der Waals surface area contributed by atoms with Crippen molar-refractivity contribution in [3.05, 3.63) is 65.7 Å². The predicted molar refractivity (Wildman–Crippen MR) is 142 cm³/mol. The number of carbonyl (C=O) groups is 2. The van der Waals surface area contributed by atoms with Gasteiger partial charge in [0.05, 0.1) is 13.7 Å². The van der Waals surface area contributed by atoms with Crippen molar-refractivity contribution in [1.29, 1.82) is 0 Å². The average Bonchev–Trinajstić information content (AvgIpc) is 2.94. The Morgan fingerprint density at radius 2 is 1.56 bits per heavy atom. The molecule has 0 unspecified atom stereocenters. The minimum Gasteiger partial charge on any atom is -0.497 e. The maximum Gasteiger partial charge on any atom is 0.253 e. The van der Waals surface area contributed by atoms with Crippen molar-refractivity contribution in [3.63, 3.8) is 0 Å². The number of piperidine rings is 1. The molecule has 2 saturated heterocycles. The summed E-state index contributed by atoms with van der Waals surface area (Å²) in [4.78, 5) is 34.8. The Morgan fingerprint density at radius 1 is 0.889 bits per heavy atom. The molecule has 2 amide bonds. The Hall–Kier alpha value is -2.90. The van der Waals surface area contributed by atoms with Crippen LogP contribution in [-0.4, -0.2) is 96.9 Å². The topological polar surface area (TPSA) is 56.3 Å². The molecule has 0 N–H and O–H groups in total. The summed E-state index contributed by atoms with van der Waals surface area (Å²) in [6.07, 6.45) is 2.86. The largest absolute Gasteiger partial charge is 0.497 e. The second kappa shape index (κ2) is 12.9. The Kier molecular flexibility index (Phi) is 9.36. The van der Waals surface area contributed by atoms with Crippen LogP contribution in [0.15, 0.2) is 54.6 Å². The van der Waals surface area contributed by atoms with Crippen molar-refractivity contribution in [2.45, 2.75) is 38.8 Å². The van der Waals surface area contributed by atoms with Gasteiger partial charge in [0.2, 0.25) is 5.91 Å². The molecular formula is C29H40N4O3. The monoisotopic (exact) mass is 492 g/mol. The van der Waals surface area contributed by atoms with Crippen molar-refractivity contribution in [3.8, 4) is 5.75 Å². The minimum atomic E-state index is 0.111. The zero-order valence-corrected chi connectivity index (χ0v) is 21.8. The highest BCUT2D eigenvalue weighted by atomic mass is 16.5. The van der Waals surface area contributed by atoms with Gasteiger partial charge in [-0.25, -0.2) is 0 Å². The summed E-state index contributed by atoms with van der Waals surface area (Å²) < 4.78 is 5.25. The van der Waals surface area contributed by atoms with Gasteiger partial charge in [-0.2, -0.15) is 0 Å². The van der Waals surface area contributed by atoms with Crippen molar-refractivity contribution in [1.82, 2.24) is 19.6 Å². The van der Waals surface area contributed by atoms with E-state index in [1.54, 1.807) is 7.11 Å². The van der Waals surface area contributed by atoms with Crippen molar-refractivity contribution in [2.75, 3.05) is 59.5 Å². The summed E-state index contributed by atoms with van der Waals surface area (Å²) in [6.45, 7) is 9.30. The van der Waals surface area contributed by atoms with Gasteiger partial charge >= 0.3 is 0 Å². The van der Waals surface area contributed by atoms with Gasteiger partial charge in [0.25, 0.3) is 5.91 Å². The molecule has 0 saturated carbocycles. The first kappa shape index (κ1) is 26.2. The Morgan fingerprint density at radius 3 is 2.17 bits per heavy atom. The van der Waals surface area contributed by atoms with Crippen LogP contribution in [0.25, 0.3) is 0 Å². The van der Waals surface area contributed by atoms with Crippen LogP contribution in [0.3, 0.4) is 0 Å². The van der Waals surface area contributed by atoms with Crippen LogP contribution in [0.2, 0.25) is 0 Å². The lowest BCUT2D eigenvalue weighted by Gasteiger charge is -2.40. The average molecular weight is 493 g/mol. The maximum absolute atomic E-state index is 13.2. The molecule has 7 nitrogen and oxygen atoms in total. The van der Waals surface area contributed by atoms with Crippen LogP contribution < -0.4 is 4.74 Å². The van der Waals surface area contributed by atoms with E-state index in [0.29, 0.717) is 12.6 Å². The van der Waals surface area contributed by atoms with Crippen LogP contribution in [0.5, 0.6) is 5.75 Å². The van der Waals surface area contributed by atoms with E-state index in [9.17, 15) is 9.59 Å². The molecule has 0 aliphatic carbocycles. The third kappa shape index (κ3) is 6.86. The SMILES string of the molecule is CCCN(CC(=O)N1CCN(Cc2ccc(OC)cc2)CC1)C1CCN(C(=O)c2ccccc2)CC1. The number of rotatable bonds is 9. The number of piperazine rings is 1. The Balaban J connectivity index is 1.23. The van der Waals surface area contributed by atoms with Crippen LogP contribution in [0.4, 0.5) is 0 Å². The van der Waals surface area contributed by atoms with E-state index in [1.165, 1.54) is 5.56 Å². The summed E-state index contributed by atoms with van der Waals surface area (Å²) >= 11 is 0. The molecule has 2 fully saturated rings. The first-order valence-electron chi connectivity index (χ1n) is 13.3. The van der Waals surface area contributed by atoms with Gasteiger partial charge in [-0.15, -0.1) is 0 Å². The molecule has 0 radical (unpaired) electrons. The smallest absolute Gasteiger partial charge is 0.253 e. The molecule has 2 aliphatic rings. The fourth-order valence-corrected chi connectivity index (χ4v) is 5.29. The van der Waals surface area contributed by atoms with Crippen molar-refractivity contribution < 1.29 is 14.3 Å². The summed E-state index contributed by atoms with van der Waals surface area (Å²) in [5, 5.41) is 0. The molecule has 2 heterocycles. The summed E-state index contributed by atoms with van der Waals surface area (Å²) in [5.74, 6) is 1.22. The molecule has 194 valence electrons. The Bertz CT molecular complexity index is 966. The van der Waals surface area contributed by atoms with E-state index in [4.69, 9.17) is 4.74 Å². The zero-order valence-electron chi connectivity index (χ0n) is 21.8. The number of likely N-dealkylation sites (tertiary alicyclic amines) is 1. The highest BCUT2D eigenvalue weighted by molar-refractivity contribution is 5.94. The summed E-state index contributed by atoms with van der Waals surface area (Å²) in [6, 6.07) is 18.1. The quantitative estimate of drug-likeness (QED) is 0.537. The van der Waals surface area contributed by atoms with Gasteiger partial charge in [0, 0.05) is 57.4 Å². The van der Waals surface area contributed by atoms with Crippen LogP contribution in [-0.2, 0) is 11.3 Å². The van der Waals surface area contributed by atoms with E-state index < -0.39 is 0 Å². The van der Waals surface area contributed by atoms with Gasteiger partial charge in [-0.1, -0.05) is 37.3 Å². The predicted octanol–water partition coefficient (Wildman–Crippen LogP) is 3.36. The first-order valence-corrected chi connectivity index (χ1v) is 13.3. The van der Waals surface area contributed by atoms with Gasteiger partial charge < -0.3 is 14.5 Å². The molecule has 2 aromatic carbocycles. The molecule has 0 bridgehead atoms. The number of amides is 2. The normalized spacial score (nSPS) is 17.4. The number of methoxy groups -OCH3 is 1. The van der Waals surface area contributed by atoms with Crippen LogP contribution in [0, 0.1) is 0 Å². The molecular weight excluding hydrogens is 452 g/mol. The van der Waals surface area contributed by atoms with Gasteiger partial charge in [-0.3, -0.25) is 19.4 Å². The highest BCUT2D eigenvalue weighted by Gasteiger charge is 2.30. The number of benzene rings is 2. The summed E-state index contributed by atoms with van der Waals surface area (Å²) in [5.41, 5.74) is 2.02. The van der Waals surface area contributed by atoms with Crippen LogP contribution in [0.1, 0.15) is 42.1 Å². The second-order valence-electron chi connectivity index (χ2n) is 9.86. The molecule has 36 heavy (non-hydrogen) atoms. The molecule has 0 spiro atoms.